The van der Waals surface area contributed by atoms with Gasteiger partial charge in [-0.1, -0.05) is 47.7 Å². The molecule has 1 atom stereocenters. The maximum absolute atomic E-state index is 12.6. The second kappa shape index (κ2) is 8.39. The first kappa shape index (κ1) is 20.1. The molecule has 1 aliphatic rings. The minimum Gasteiger partial charge on any atom is -0.457 e. The van der Waals surface area contributed by atoms with E-state index in [1.807, 2.05) is 73.7 Å². The van der Waals surface area contributed by atoms with Crippen LogP contribution in [0.15, 0.2) is 66.7 Å². The highest BCUT2D eigenvalue weighted by Gasteiger charge is 2.35. The summed E-state index contributed by atoms with van der Waals surface area (Å²) in [5.74, 6) is 0.724. The van der Waals surface area contributed by atoms with E-state index < -0.39 is 5.92 Å². The van der Waals surface area contributed by atoms with E-state index in [0.29, 0.717) is 17.4 Å². The summed E-state index contributed by atoms with van der Waals surface area (Å²) in [5, 5.41) is 13.9. The number of rotatable bonds is 5. The van der Waals surface area contributed by atoms with Crippen LogP contribution in [0.25, 0.3) is 10.8 Å². The maximum atomic E-state index is 12.6. The first-order valence-corrected chi connectivity index (χ1v) is 11.1. The van der Waals surface area contributed by atoms with Gasteiger partial charge < -0.3 is 15.0 Å². The van der Waals surface area contributed by atoms with Gasteiger partial charge in [-0.05, 0) is 42.6 Å². The van der Waals surface area contributed by atoms with Crippen LogP contribution in [0.3, 0.4) is 0 Å². The number of ether oxygens (including phenoxy) is 1. The lowest BCUT2D eigenvalue weighted by Crippen LogP contribution is -2.28. The van der Waals surface area contributed by atoms with Gasteiger partial charge in [-0.25, -0.2) is 0 Å². The fourth-order valence-corrected chi connectivity index (χ4v) is 4.39. The summed E-state index contributed by atoms with van der Waals surface area (Å²) < 4.78 is 6.08. The Hall–Kier alpha value is -3.78. The first-order valence-electron chi connectivity index (χ1n) is 10.2. The molecule has 1 aromatic heterocycles. The molecule has 8 heteroatoms. The van der Waals surface area contributed by atoms with Crippen LogP contribution in [0.2, 0.25) is 0 Å². The molecule has 2 heterocycles. The highest BCUT2D eigenvalue weighted by Crippen LogP contribution is 2.32. The smallest absolute Gasteiger partial charge is 0.231 e. The summed E-state index contributed by atoms with van der Waals surface area (Å²) in [7, 11) is 0. The fourth-order valence-electron chi connectivity index (χ4n) is 3.79. The number of aryl methyl sites for hydroxylation is 1. The van der Waals surface area contributed by atoms with Crippen LogP contribution < -0.4 is 15.0 Å². The predicted molar refractivity (Wildman–Crippen MR) is 124 cm³/mol. The second-order valence-electron chi connectivity index (χ2n) is 7.59. The molecule has 4 aromatic rings. The Kier molecular flexibility index (Phi) is 5.28. The van der Waals surface area contributed by atoms with Gasteiger partial charge in [-0.15, -0.1) is 10.2 Å². The third kappa shape index (κ3) is 4.04. The molecule has 1 N–H and O–H groups in total. The topological polar surface area (TPSA) is 84.4 Å². The van der Waals surface area contributed by atoms with E-state index >= 15 is 0 Å². The van der Waals surface area contributed by atoms with Gasteiger partial charge in [0.25, 0.3) is 0 Å². The second-order valence-corrected chi connectivity index (χ2v) is 8.78. The Morgan fingerprint density at radius 3 is 2.62 bits per heavy atom. The number of nitrogens with zero attached hydrogens (tertiary/aromatic N) is 3. The summed E-state index contributed by atoms with van der Waals surface area (Å²) >= 11 is 1.31. The summed E-state index contributed by atoms with van der Waals surface area (Å²) in [6.45, 7) is 2.15. The van der Waals surface area contributed by atoms with Crippen molar-refractivity contribution in [2.24, 2.45) is 5.92 Å². The number of hydrogen-bond donors (Lipinski definition) is 1. The van der Waals surface area contributed by atoms with Crippen LogP contribution >= 0.6 is 11.3 Å². The SMILES string of the molecule is Cc1nnc(NC(=O)[C@@H]2CC(=O)N(c3ccc(Oc4cccc5ccccc45)cc3)C2)s1. The summed E-state index contributed by atoms with van der Waals surface area (Å²) in [6, 6.07) is 21.3. The zero-order valence-corrected chi connectivity index (χ0v) is 18.1. The van der Waals surface area contributed by atoms with E-state index in [0.717, 1.165) is 27.2 Å². The van der Waals surface area contributed by atoms with Crippen molar-refractivity contribution in [2.75, 3.05) is 16.8 Å². The largest absolute Gasteiger partial charge is 0.457 e. The molecule has 1 saturated heterocycles. The molecule has 7 nitrogen and oxygen atoms in total. The normalized spacial score (nSPS) is 15.8. The molecular weight excluding hydrogens is 424 g/mol. The molecule has 1 aliphatic heterocycles. The molecule has 2 amide bonds. The lowest BCUT2D eigenvalue weighted by Gasteiger charge is -2.17. The van der Waals surface area contributed by atoms with Crippen LogP contribution in [-0.4, -0.2) is 28.6 Å². The van der Waals surface area contributed by atoms with Crippen LogP contribution in [0.5, 0.6) is 11.5 Å². The molecule has 0 spiro atoms. The molecule has 0 aliphatic carbocycles. The number of carbonyl (C=O) groups is 2. The van der Waals surface area contributed by atoms with Gasteiger partial charge in [0.15, 0.2) is 0 Å². The first-order chi connectivity index (χ1) is 15.6. The number of hydrogen-bond acceptors (Lipinski definition) is 6. The Labute approximate surface area is 188 Å². The molecule has 3 aromatic carbocycles. The average Bonchev–Trinajstić information content (AvgIpc) is 3.40. The highest BCUT2D eigenvalue weighted by atomic mass is 32.1. The van der Waals surface area contributed by atoms with Crippen LogP contribution in [0.1, 0.15) is 11.4 Å². The zero-order valence-electron chi connectivity index (χ0n) is 17.3. The van der Waals surface area contributed by atoms with Crippen molar-refractivity contribution in [1.82, 2.24) is 10.2 Å². The van der Waals surface area contributed by atoms with Crippen LogP contribution in [-0.2, 0) is 9.59 Å². The van der Waals surface area contributed by atoms with E-state index in [9.17, 15) is 9.59 Å². The molecule has 0 unspecified atom stereocenters. The van der Waals surface area contributed by atoms with Crippen molar-refractivity contribution in [3.63, 3.8) is 0 Å². The average molecular weight is 445 g/mol. The lowest BCUT2D eigenvalue weighted by atomic mass is 10.1. The number of fused-ring (bicyclic) bond motifs is 1. The van der Waals surface area contributed by atoms with Gasteiger partial charge in [0.05, 0.1) is 5.92 Å². The Balaban J connectivity index is 1.27. The van der Waals surface area contributed by atoms with Gasteiger partial charge in [-0.2, -0.15) is 0 Å². The lowest BCUT2D eigenvalue weighted by molar-refractivity contribution is -0.122. The van der Waals surface area contributed by atoms with Crippen molar-refractivity contribution in [3.8, 4) is 11.5 Å². The molecular formula is C24H20N4O3S. The van der Waals surface area contributed by atoms with Crippen molar-refractivity contribution in [1.29, 1.82) is 0 Å². The minimum atomic E-state index is -0.432. The maximum Gasteiger partial charge on any atom is 0.231 e. The van der Waals surface area contributed by atoms with E-state index in [1.54, 1.807) is 4.90 Å². The van der Waals surface area contributed by atoms with Crippen LogP contribution in [0.4, 0.5) is 10.8 Å². The molecule has 0 radical (unpaired) electrons. The van der Waals surface area contributed by atoms with Gasteiger partial charge in [-0.3, -0.25) is 9.59 Å². The standard InChI is InChI=1S/C24H20N4O3S/c1-15-26-27-24(32-15)25-23(30)17-13-22(29)28(14-17)18-9-11-19(12-10-18)31-21-8-4-6-16-5-2-3-7-20(16)21/h2-12,17H,13-14H2,1H3,(H,25,27,30)/t17-/m1/s1. The minimum absolute atomic E-state index is 0.0821. The number of benzene rings is 3. The van der Waals surface area contributed by atoms with E-state index in [-0.39, 0.29) is 18.2 Å². The van der Waals surface area contributed by atoms with E-state index in [4.69, 9.17) is 4.74 Å². The molecule has 1 fully saturated rings. The molecule has 5 rings (SSSR count). The third-order valence-corrected chi connectivity index (χ3v) is 6.13. The van der Waals surface area contributed by atoms with E-state index in [2.05, 4.69) is 15.5 Å². The van der Waals surface area contributed by atoms with Gasteiger partial charge in [0.1, 0.15) is 16.5 Å². The van der Waals surface area contributed by atoms with Gasteiger partial charge in [0, 0.05) is 24.0 Å². The van der Waals surface area contributed by atoms with Crippen LogP contribution in [0, 0.1) is 12.8 Å². The summed E-state index contributed by atoms with van der Waals surface area (Å²) in [6.07, 6.45) is 0.165. The molecule has 160 valence electrons. The predicted octanol–water partition coefficient (Wildman–Crippen LogP) is 4.78. The zero-order chi connectivity index (χ0) is 22.1. The third-order valence-electron chi connectivity index (χ3n) is 5.38. The summed E-state index contributed by atoms with van der Waals surface area (Å²) in [5.41, 5.74) is 0.738. The van der Waals surface area contributed by atoms with Gasteiger partial charge in [0.2, 0.25) is 16.9 Å². The Morgan fingerprint density at radius 1 is 1.06 bits per heavy atom. The number of carbonyl (C=O) groups excluding carboxylic acids is 2. The highest BCUT2D eigenvalue weighted by molar-refractivity contribution is 7.15. The number of anilines is 2. The van der Waals surface area contributed by atoms with Gasteiger partial charge >= 0.3 is 0 Å². The van der Waals surface area contributed by atoms with Crippen molar-refractivity contribution < 1.29 is 14.3 Å². The molecule has 0 saturated carbocycles. The quantitative estimate of drug-likeness (QED) is 0.479. The van der Waals surface area contributed by atoms with E-state index in [1.165, 1.54) is 11.3 Å². The monoisotopic (exact) mass is 444 g/mol. The van der Waals surface area contributed by atoms with Crippen molar-refractivity contribution in [2.45, 2.75) is 13.3 Å². The van der Waals surface area contributed by atoms with Crippen molar-refractivity contribution in [3.05, 3.63) is 71.7 Å². The number of nitrogens with one attached hydrogen (secondary N) is 1. The fraction of sp³-hybridized carbons (Fsp3) is 0.167. The Bertz CT molecular complexity index is 1300. The molecule has 32 heavy (non-hydrogen) atoms. The summed E-state index contributed by atoms with van der Waals surface area (Å²) in [4.78, 5) is 26.7. The number of amides is 2. The Morgan fingerprint density at radius 2 is 1.84 bits per heavy atom. The number of aromatic nitrogens is 2. The van der Waals surface area contributed by atoms with Crippen molar-refractivity contribution >= 4 is 44.7 Å². The molecule has 0 bridgehead atoms.